The van der Waals surface area contributed by atoms with Crippen LogP contribution in [0.1, 0.15) is 12.0 Å². The number of piperazine rings is 1. The summed E-state index contributed by atoms with van der Waals surface area (Å²) in [7, 11) is 0. The largest absolute Gasteiger partial charge is 0.332 e. The van der Waals surface area contributed by atoms with E-state index in [-0.39, 0.29) is 30.1 Å². The van der Waals surface area contributed by atoms with E-state index in [4.69, 9.17) is 5.26 Å². The number of nitrogens with one attached hydrogen (secondary N) is 1. The highest BCUT2D eigenvalue weighted by Gasteiger charge is 2.63. The van der Waals surface area contributed by atoms with E-state index in [1.54, 1.807) is 40.1 Å². The molecular weight excluding hydrogens is 418 g/mol. The Balaban J connectivity index is 1.27. The predicted molar refractivity (Wildman–Crippen MR) is 122 cm³/mol. The highest BCUT2D eigenvalue weighted by molar-refractivity contribution is 6.25. The molecule has 162 valence electrons. The number of nitrogens with zero attached hydrogens (tertiary/aromatic N) is 4. The third-order valence-corrected chi connectivity index (χ3v) is 6.80. The van der Waals surface area contributed by atoms with Gasteiger partial charge in [0.05, 0.1) is 29.4 Å². The van der Waals surface area contributed by atoms with Crippen molar-refractivity contribution in [3.63, 3.8) is 0 Å². The lowest BCUT2D eigenvalue weighted by Gasteiger charge is -2.34. The lowest BCUT2D eigenvalue weighted by atomic mass is 10.1. The quantitative estimate of drug-likeness (QED) is 0.620. The van der Waals surface area contributed by atoms with Crippen molar-refractivity contribution >= 4 is 40.1 Å². The molecule has 8 heteroatoms. The number of rotatable bonds is 2. The Morgan fingerprint density at radius 2 is 1.76 bits per heavy atom. The number of hydrogen-bond acceptors (Lipinski definition) is 4. The molecule has 1 N–H and O–H groups in total. The van der Waals surface area contributed by atoms with Gasteiger partial charge in [-0.3, -0.25) is 4.79 Å². The average molecular weight is 437 g/mol. The summed E-state index contributed by atoms with van der Waals surface area (Å²) >= 11 is 0. The zero-order valence-corrected chi connectivity index (χ0v) is 17.5. The summed E-state index contributed by atoms with van der Waals surface area (Å²) in [6.45, 7) is 0.381. The van der Waals surface area contributed by atoms with Crippen molar-refractivity contribution in [3.05, 3.63) is 72.3 Å². The first kappa shape index (κ1) is 19.3. The minimum absolute atomic E-state index is 0.192. The molecule has 2 unspecified atom stereocenters. The molecule has 3 saturated heterocycles. The number of benzene rings is 3. The standard InChI is InChI=1S/C25H19N5O3/c26-13-15-8-10-17(11-9-15)27-24(32)28-14-18-12-21(28)22-23(31)30(25(33)29(18)22)20-7-3-5-16-4-1-2-6-19(16)20/h1-11,18,21-22H,12,14H2,(H,27,32)/t18-,21?,22?/m1/s1. The third-order valence-electron chi connectivity index (χ3n) is 6.80. The van der Waals surface area contributed by atoms with Crippen LogP contribution in [0.4, 0.5) is 21.0 Å². The van der Waals surface area contributed by atoms with Gasteiger partial charge in [-0.2, -0.15) is 5.26 Å². The number of fused-ring (bicyclic) bond motifs is 6. The second-order valence-electron chi connectivity index (χ2n) is 8.54. The number of amides is 5. The maximum atomic E-state index is 13.5. The van der Waals surface area contributed by atoms with Crippen LogP contribution in [0.2, 0.25) is 0 Å². The van der Waals surface area contributed by atoms with E-state index in [1.165, 1.54) is 4.90 Å². The zero-order chi connectivity index (χ0) is 22.7. The number of anilines is 2. The van der Waals surface area contributed by atoms with Crippen molar-refractivity contribution in [3.8, 4) is 6.07 Å². The molecule has 3 aliphatic rings. The number of likely N-dealkylation sites (tertiary alicyclic amines) is 1. The van der Waals surface area contributed by atoms with E-state index in [2.05, 4.69) is 5.32 Å². The smallest absolute Gasteiger partial charge is 0.317 e. The van der Waals surface area contributed by atoms with Crippen LogP contribution in [-0.4, -0.2) is 52.4 Å². The Hall–Kier alpha value is -4.38. The molecule has 0 aromatic heterocycles. The first-order valence-corrected chi connectivity index (χ1v) is 10.8. The minimum Gasteiger partial charge on any atom is -0.317 e. The lowest BCUT2D eigenvalue weighted by Crippen LogP contribution is -2.55. The molecule has 3 aliphatic heterocycles. The van der Waals surface area contributed by atoms with Gasteiger partial charge in [-0.1, -0.05) is 36.4 Å². The molecule has 3 aromatic rings. The maximum Gasteiger partial charge on any atom is 0.332 e. The fraction of sp³-hybridized carbons (Fsp3) is 0.200. The normalized spacial score (nSPS) is 23.2. The van der Waals surface area contributed by atoms with E-state index in [0.717, 1.165) is 10.8 Å². The maximum absolute atomic E-state index is 13.5. The molecule has 0 radical (unpaired) electrons. The zero-order valence-electron chi connectivity index (χ0n) is 17.5. The highest BCUT2D eigenvalue weighted by Crippen LogP contribution is 2.43. The number of imide groups is 1. The number of hydrogen-bond donors (Lipinski definition) is 1. The Morgan fingerprint density at radius 3 is 2.55 bits per heavy atom. The van der Waals surface area contributed by atoms with Gasteiger partial charge in [-0.15, -0.1) is 0 Å². The molecule has 6 rings (SSSR count). The fourth-order valence-corrected chi connectivity index (χ4v) is 5.34. The molecule has 3 aromatic carbocycles. The van der Waals surface area contributed by atoms with Gasteiger partial charge < -0.3 is 15.1 Å². The van der Waals surface area contributed by atoms with Crippen LogP contribution in [0.15, 0.2) is 66.7 Å². The van der Waals surface area contributed by atoms with Gasteiger partial charge in [0.25, 0.3) is 5.91 Å². The molecule has 5 amide bonds. The first-order chi connectivity index (χ1) is 16.1. The molecule has 3 atom stereocenters. The fourth-order valence-electron chi connectivity index (χ4n) is 5.34. The second-order valence-corrected chi connectivity index (χ2v) is 8.54. The van der Waals surface area contributed by atoms with E-state index in [9.17, 15) is 14.4 Å². The van der Waals surface area contributed by atoms with Crippen LogP contribution >= 0.6 is 0 Å². The number of carbonyl (C=O) groups excluding carboxylic acids is 3. The second kappa shape index (κ2) is 7.07. The van der Waals surface area contributed by atoms with Crippen molar-refractivity contribution in [2.45, 2.75) is 24.5 Å². The van der Waals surface area contributed by atoms with Gasteiger partial charge in [0.1, 0.15) is 6.04 Å². The number of carbonyl (C=O) groups is 3. The van der Waals surface area contributed by atoms with E-state index >= 15 is 0 Å². The third kappa shape index (κ3) is 2.79. The van der Waals surface area contributed by atoms with Crippen molar-refractivity contribution in [2.24, 2.45) is 0 Å². The van der Waals surface area contributed by atoms with Crippen molar-refractivity contribution in [2.75, 3.05) is 16.8 Å². The van der Waals surface area contributed by atoms with Gasteiger partial charge in [0.2, 0.25) is 0 Å². The summed E-state index contributed by atoms with van der Waals surface area (Å²) in [6, 6.07) is 20.0. The molecule has 3 fully saturated rings. The first-order valence-electron chi connectivity index (χ1n) is 10.8. The minimum atomic E-state index is -0.679. The summed E-state index contributed by atoms with van der Waals surface area (Å²) in [4.78, 5) is 44.4. The van der Waals surface area contributed by atoms with Crippen LogP contribution in [-0.2, 0) is 4.79 Å². The SMILES string of the molecule is N#Cc1ccc(NC(=O)N2C[C@H]3CC2C2C(=O)N(c4cccc5ccccc45)C(=O)N23)cc1. The van der Waals surface area contributed by atoms with Crippen molar-refractivity contribution in [1.82, 2.24) is 9.80 Å². The monoisotopic (exact) mass is 437 g/mol. The van der Waals surface area contributed by atoms with Crippen molar-refractivity contribution < 1.29 is 14.4 Å². The number of urea groups is 2. The van der Waals surface area contributed by atoms with Crippen molar-refractivity contribution in [1.29, 1.82) is 5.26 Å². The molecule has 3 heterocycles. The molecule has 33 heavy (non-hydrogen) atoms. The highest BCUT2D eigenvalue weighted by atomic mass is 16.2. The van der Waals surface area contributed by atoms with E-state index in [1.807, 2.05) is 42.5 Å². The van der Waals surface area contributed by atoms with Gasteiger partial charge in [-0.25, -0.2) is 14.5 Å². The molecule has 0 aliphatic carbocycles. The summed E-state index contributed by atoms with van der Waals surface area (Å²) in [6.07, 6.45) is 0.590. The predicted octanol–water partition coefficient (Wildman–Crippen LogP) is 3.54. The Morgan fingerprint density at radius 1 is 1.00 bits per heavy atom. The van der Waals surface area contributed by atoms with Crippen LogP contribution < -0.4 is 10.2 Å². The molecule has 2 bridgehead atoms. The Labute approximate surface area is 189 Å². The molecule has 0 saturated carbocycles. The van der Waals surface area contributed by atoms with Gasteiger partial charge in [0.15, 0.2) is 0 Å². The molecular formula is C25H19N5O3. The average Bonchev–Trinajstić information content (AvgIpc) is 3.51. The van der Waals surface area contributed by atoms with Crippen LogP contribution in [0.25, 0.3) is 10.8 Å². The summed E-state index contributed by atoms with van der Waals surface area (Å²) in [5, 5.41) is 13.6. The Kier molecular flexibility index (Phi) is 4.14. The summed E-state index contributed by atoms with van der Waals surface area (Å²) < 4.78 is 0. The van der Waals surface area contributed by atoms with Crippen LogP contribution in [0.5, 0.6) is 0 Å². The number of nitriles is 1. The van der Waals surface area contributed by atoms with Crippen LogP contribution in [0.3, 0.4) is 0 Å². The Bertz CT molecular complexity index is 1360. The van der Waals surface area contributed by atoms with Gasteiger partial charge in [-0.05, 0) is 42.1 Å². The molecule has 8 nitrogen and oxygen atoms in total. The van der Waals surface area contributed by atoms with E-state index in [0.29, 0.717) is 29.9 Å². The van der Waals surface area contributed by atoms with Crippen LogP contribution in [0, 0.1) is 11.3 Å². The topological polar surface area (TPSA) is 96.7 Å². The van der Waals surface area contributed by atoms with E-state index < -0.39 is 6.04 Å². The lowest BCUT2D eigenvalue weighted by molar-refractivity contribution is -0.120. The molecule has 0 spiro atoms. The van der Waals surface area contributed by atoms with Gasteiger partial charge >= 0.3 is 12.1 Å². The van der Waals surface area contributed by atoms with Gasteiger partial charge in [0, 0.05) is 17.6 Å². The summed E-state index contributed by atoms with van der Waals surface area (Å²) in [5.41, 5.74) is 1.66. The summed E-state index contributed by atoms with van der Waals surface area (Å²) in [5.74, 6) is -0.292.